The first-order valence-corrected chi connectivity index (χ1v) is 7.75. The lowest BCUT2D eigenvalue weighted by atomic mass is 9.77. The fourth-order valence-electron chi connectivity index (χ4n) is 2.35. The molecule has 1 saturated heterocycles. The third kappa shape index (κ3) is 3.59. The van der Waals surface area contributed by atoms with Gasteiger partial charge in [0.15, 0.2) is 0 Å². The maximum atomic E-state index is 14.6. The number of nitrogens with one attached hydrogen (secondary N) is 2. The fourth-order valence-corrected chi connectivity index (χ4v) is 2.35. The Morgan fingerprint density at radius 3 is 2.28 bits per heavy atom. The summed E-state index contributed by atoms with van der Waals surface area (Å²) >= 11 is 0. The van der Waals surface area contributed by atoms with Crippen LogP contribution in [0, 0.1) is 16.6 Å². The zero-order valence-corrected chi connectivity index (χ0v) is 14.9. The van der Waals surface area contributed by atoms with Crippen LogP contribution >= 0.6 is 0 Å². The molecule has 0 aromatic heterocycles. The van der Waals surface area contributed by atoms with E-state index < -0.39 is 24.1 Å². The summed E-state index contributed by atoms with van der Waals surface area (Å²) in [6, 6.07) is 2.32. The number of allylic oxidation sites excluding steroid dienone is 1. The zero-order chi connectivity index (χ0) is 19.0. The van der Waals surface area contributed by atoms with Gasteiger partial charge in [0.2, 0.25) is 5.90 Å². The van der Waals surface area contributed by atoms with E-state index in [2.05, 4.69) is 0 Å². The number of methoxy groups -OCH3 is 1. The fraction of sp³-hybridized carbons (Fsp3) is 0.412. The Bertz CT molecular complexity index is 730. The van der Waals surface area contributed by atoms with Gasteiger partial charge in [0, 0.05) is 28.9 Å². The highest BCUT2D eigenvalue weighted by Crippen LogP contribution is 2.37. The third-order valence-corrected chi connectivity index (χ3v) is 4.60. The number of rotatable bonds is 4. The highest BCUT2D eigenvalue weighted by atomic mass is 19.1. The van der Waals surface area contributed by atoms with Crippen molar-refractivity contribution in [1.29, 1.82) is 10.8 Å². The van der Waals surface area contributed by atoms with E-state index in [-0.39, 0.29) is 28.2 Å². The van der Waals surface area contributed by atoms with Crippen molar-refractivity contribution in [3.05, 3.63) is 29.6 Å². The van der Waals surface area contributed by atoms with Gasteiger partial charge in [-0.15, -0.1) is 0 Å². The molecule has 0 aliphatic carbocycles. The molecule has 1 aliphatic heterocycles. The number of phenolic OH excluding ortho intramolecular Hbond substituents is 1. The predicted molar refractivity (Wildman–Crippen MR) is 95.3 cm³/mol. The molecule has 0 atom stereocenters. The molecule has 8 heteroatoms. The third-order valence-electron chi connectivity index (χ3n) is 4.60. The Hall–Kier alpha value is -2.19. The molecule has 0 amide bonds. The Morgan fingerprint density at radius 2 is 1.80 bits per heavy atom. The number of hydrogen-bond donors (Lipinski definition) is 3. The second-order valence-corrected chi connectivity index (χ2v) is 6.79. The van der Waals surface area contributed by atoms with Crippen LogP contribution in [0.25, 0.3) is 5.57 Å². The lowest BCUT2D eigenvalue weighted by Crippen LogP contribution is -2.41. The minimum absolute atomic E-state index is 0.0189. The Kier molecular flexibility index (Phi) is 5.06. The van der Waals surface area contributed by atoms with Crippen molar-refractivity contribution in [2.45, 2.75) is 38.9 Å². The van der Waals surface area contributed by atoms with E-state index in [9.17, 15) is 9.50 Å². The first kappa shape index (κ1) is 19.1. The van der Waals surface area contributed by atoms with Crippen LogP contribution in [0.5, 0.6) is 5.75 Å². The van der Waals surface area contributed by atoms with Gasteiger partial charge < -0.3 is 24.6 Å². The summed E-state index contributed by atoms with van der Waals surface area (Å²) in [5.41, 5.74) is -0.986. The van der Waals surface area contributed by atoms with Crippen molar-refractivity contribution in [1.82, 2.24) is 0 Å². The molecule has 6 nitrogen and oxygen atoms in total. The molecule has 1 aromatic rings. The summed E-state index contributed by atoms with van der Waals surface area (Å²) in [5.74, 6) is -1.11. The quantitative estimate of drug-likeness (QED) is 0.443. The second kappa shape index (κ2) is 6.61. The number of benzene rings is 1. The number of hydrogen-bond acceptors (Lipinski definition) is 6. The average molecular weight is 348 g/mol. The lowest BCUT2D eigenvalue weighted by Gasteiger charge is -2.32. The molecule has 0 spiro atoms. The van der Waals surface area contributed by atoms with Crippen molar-refractivity contribution in [2.75, 3.05) is 7.11 Å². The van der Waals surface area contributed by atoms with Crippen LogP contribution in [0.3, 0.4) is 0 Å². The van der Waals surface area contributed by atoms with Crippen LogP contribution in [0.4, 0.5) is 4.39 Å². The summed E-state index contributed by atoms with van der Waals surface area (Å²) in [4.78, 5) is 0. The molecule has 2 rings (SSSR count). The average Bonchev–Trinajstić information content (AvgIpc) is 2.74. The maximum absolute atomic E-state index is 14.6. The Morgan fingerprint density at radius 1 is 1.24 bits per heavy atom. The predicted octanol–water partition coefficient (Wildman–Crippen LogP) is 2.49. The Labute approximate surface area is 146 Å². The molecule has 0 radical (unpaired) electrons. The van der Waals surface area contributed by atoms with Gasteiger partial charge in [-0.2, -0.15) is 0 Å². The van der Waals surface area contributed by atoms with E-state index in [0.29, 0.717) is 0 Å². The van der Waals surface area contributed by atoms with E-state index in [1.165, 1.54) is 19.3 Å². The number of ether oxygens (including phenoxy) is 1. The smallest absolute Gasteiger partial charge is 0.498 e. The molecule has 134 valence electrons. The monoisotopic (exact) mass is 348 g/mol. The zero-order valence-electron chi connectivity index (χ0n) is 14.9. The van der Waals surface area contributed by atoms with Gasteiger partial charge in [-0.1, -0.05) is 0 Å². The first-order valence-electron chi connectivity index (χ1n) is 7.75. The molecule has 0 saturated carbocycles. The summed E-state index contributed by atoms with van der Waals surface area (Å²) in [6.45, 7) is 7.45. The van der Waals surface area contributed by atoms with Gasteiger partial charge in [0.1, 0.15) is 11.6 Å². The van der Waals surface area contributed by atoms with Crippen molar-refractivity contribution < 1.29 is 23.5 Å². The van der Waals surface area contributed by atoms with Gasteiger partial charge in [0.05, 0.1) is 18.3 Å². The van der Waals surface area contributed by atoms with Crippen LogP contribution in [-0.4, -0.2) is 42.6 Å². The normalized spacial score (nSPS) is 19.0. The lowest BCUT2D eigenvalue weighted by molar-refractivity contribution is 0.00578. The van der Waals surface area contributed by atoms with E-state index in [1.54, 1.807) is 0 Å². The molecule has 1 heterocycles. The largest absolute Gasteiger partial charge is 0.508 e. The molecule has 1 fully saturated rings. The molecular formula is C17H22BFN2O4. The molecule has 25 heavy (non-hydrogen) atoms. The number of aromatic hydroxyl groups is 1. The van der Waals surface area contributed by atoms with Crippen molar-refractivity contribution in [3.63, 3.8) is 0 Å². The van der Waals surface area contributed by atoms with Crippen LogP contribution in [0.1, 0.15) is 33.3 Å². The van der Waals surface area contributed by atoms with Crippen molar-refractivity contribution >= 4 is 30.3 Å². The van der Waals surface area contributed by atoms with Gasteiger partial charge in [-0.05, 0) is 39.8 Å². The molecule has 1 aliphatic rings. The van der Waals surface area contributed by atoms with Gasteiger partial charge in [-0.3, -0.25) is 5.41 Å². The Balaban J connectivity index is 2.44. The summed E-state index contributed by atoms with van der Waals surface area (Å²) in [6.07, 6.45) is 2.08. The molecule has 0 bridgehead atoms. The second-order valence-electron chi connectivity index (χ2n) is 6.79. The number of phenols is 1. The number of halogens is 1. The SMILES string of the molecule is COC(=N)/C=C(\C=N)c1cc(O)c(B2OC(C)(C)C(C)(C)O2)cc1F. The van der Waals surface area contributed by atoms with E-state index >= 15 is 0 Å². The van der Waals surface area contributed by atoms with Gasteiger partial charge in [0.25, 0.3) is 0 Å². The minimum Gasteiger partial charge on any atom is -0.508 e. The summed E-state index contributed by atoms with van der Waals surface area (Å²) < 4.78 is 31.0. The molecule has 0 unspecified atom stereocenters. The van der Waals surface area contributed by atoms with Crippen LogP contribution in [0.15, 0.2) is 18.2 Å². The van der Waals surface area contributed by atoms with E-state index in [1.807, 2.05) is 27.7 Å². The van der Waals surface area contributed by atoms with Crippen LogP contribution in [-0.2, 0) is 14.0 Å². The standard InChI is InChI=1S/C17H22BFN2O4/c1-16(2)17(3,4)25-18(24-16)12-8-13(19)11(7-14(12)22)10(9-20)6-15(21)23-5/h6-9,20-22H,1-5H3/b10-6+,20-9?,21-15?. The van der Waals surface area contributed by atoms with Gasteiger partial charge in [-0.25, -0.2) is 4.39 Å². The van der Waals surface area contributed by atoms with Gasteiger partial charge >= 0.3 is 7.12 Å². The summed E-state index contributed by atoms with van der Waals surface area (Å²) in [7, 11) is 0.397. The maximum Gasteiger partial charge on any atom is 0.498 e. The van der Waals surface area contributed by atoms with Crippen molar-refractivity contribution in [3.8, 4) is 5.75 Å². The molecular weight excluding hydrogens is 326 g/mol. The van der Waals surface area contributed by atoms with Crippen molar-refractivity contribution in [2.24, 2.45) is 0 Å². The highest BCUT2D eigenvalue weighted by molar-refractivity contribution is 6.63. The van der Waals surface area contributed by atoms with Crippen LogP contribution < -0.4 is 5.46 Å². The molecule has 3 N–H and O–H groups in total. The highest BCUT2D eigenvalue weighted by Gasteiger charge is 2.52. The van der Waals surface area contributed by atoms with E-state index in [4.69, 9.17) is 24.9 Å². The van der Waals surface area contributed by atoms with E-state index in [0.717, 1.165) is 12.3 Å². The first-order chi connectivity index (χ1) is 11.5. The molecule has 1 aromatic carbocycles. The minimum atomic E-state index is -0.904. The van der Waals surface area contributed by atoms with Crippen LogP contribution in [0.2, 0.25) is 0 Å². The topological polar surface area (TPSA) is 95.6 Å². The summed E-state index contributed by atoms with van der Waals surface area (Å²) in [5, 5.41) is 25.2.